The zero-order valence-electron chi connectivity index (χ0n) is 17.3. The fourth-order valence-corrected chi connectivity index (χ4v) is 2.58. The maximum Gasteiger partial charge on any atom is 0.340 e. The number of ether oxygens (including phenoxy) is 1. The molecule has 0 saturated heterocycles. The van der Waals surface area contributed by atoms with E-state index in [4.69, 9.17) is 4.74 Å². The number of carbonyl (C=O) groups excluding carboxylic acids is 3. The third-order valence-electron chi connectivity index (χ3n) is 4.75. The molecule has 2 N–H and O–H groups in total. The summed E-state index contributed by atoms with van der Waals surface area (Å²) in [5.41, 5.74) is 0.219. The number of para-hydroxylation sites is 1. The van der Waals surface area contributed by atoms with Crippen LogP contribution in [0.25, 0.3) is 0 Å². The van der Waals surface area contributed by atoms with Crippen LogP contribution in [0.3, 0.4) is 0 Å². The molecule has 2 rings (SSSR count). The number of nitrogens with zero attached hydrogens (tertiary/aromatic N) is 1. The van der Waals surface area contributed by atoms with Gasteiger partial charge in [-0.25, -0.2) is 4.79 Å². The van der Waals surface area contributed by atoms with Gasteiger partial charge in [0.25, 0.3) is 5.91 Å². The number of hydrogen-bond donors (Lipinski definition) is 2. The summed E-state index contributed by atoms with van der Waals surface area (Å²) in [4.78, 5) is 36.9. The fraction of sp³-hybridized carbons (Fsp3) is 0.304. The van der Waals surface area contributed by atoms with E-state index >= 15 is 0 Å². The summed E-state index contributed by atoms with van der Waals surface area (Å²) >= 11 is 0. The first-order valence-corrected chi connectivity index (χ1v) is 9.57. The number of nitriles is 1. The molecule has 0 heterocycles. The smallest absolute Gasteiger partial charge is 0.340 e. The SMILES string of the molecule is CC(C)[C@@](C)(C#N)NC(=O)COC(=O)c1ccccc1NC(=O)Cc1ccccc1. The van der Waals surface area contributed by atoms with E-state index in [2.05, 4.69) is 16.7 Å². The molecule has 1 atom stereocenters. The minimum absolute atomic E-state index is 0.122. The molecule has 0 bridgehead atoms. The summed E-state index contributed by atoms with van der Waals surface area (Å²) in [5.74, 6) is -1.72. The van der Waals surface area contributed by atoms with Crippen molar-refractivity contribution in [3.8, 4) is 6.07 Å². The molecule has 0 spiro atoms. The van der Waals surface area contributed by atoms with E-state index in [1.54, 1.807) is 25.1 Å². The van der Waals surface area contributed by atoms with Crippen molar-refractivity contribution in [2.24, 2.45) is 5.92 Å². The van der Waals surface area contributed by atoms with Crippen LogP contribution in [0.1, 0.15) is 36.7 Å². The molecule has 0 unspecified atom stereocenters. The lowest BCUT2D eigenvalue weighted by molar-refractivity contribution is -0.125. The topological polar surface area (TPSA) is 108 Å². The number of benzene rings is 2. The minimum Gasteiger partial charge on any atom is -0.452 e. The Morgan fingerprint density at radius 1 is 1.03 bits per heavy atom. The average molecular weight is 407 g/mol. The normalized spacial score (nSPS) is 12.4. The Morgan fingerprint density at radius 2 is 1.67 bits per heavy atom. The van der Waals surface area contributed by atoms with Crippen molar-refractivity contribution >= 4 is 23.5 Å². The number of rotatable bonds is 8. The van der Waals surface area contributed by atoms with Gasteiger partial charge in [-0.3, -0.25) is 9.59 Å². The van der Waals surface area contributed by atoms with Gasteiger partial charge in [-0.2, -0.15) is 5.26 Å². The summed E-state index contributed by atoms with van der Waals surface area (Å²) in [6, 6.07) is 17.7. The van der Waals surface area contributed by atoms with E-state index in [1.165, 1.54) is 6.07 Å². The quantitative estimate of drug-likeness (QED) is 0.654. The van der Waals surface area contributed by atoms with Crippen LogP contribution in [0.15, 0.2) is 54.6 Å². The summed E-state index contributed by atoms with van der Waals surface area (Å²) < 4.78 is 5.09. The first-order chi connectivity index (χ1) is 14.2. The summed E-state index contributed by atoms with van der Waals surface area (Å²) in [6.07, 6.45) is 0.161. The third-order valence-corrected chi connectivity index (χ3v) is 4.75. The van der Waals surface area contributed by atoms with Crippen LogP contribution in [0.5, 0.6) is 0 Å². The molecule has 0 aliphatic carbocycles. The monoisotopic (exact) mass is 407 g/mol. The van der Waals surface area contributed by atoms with Gasteiger partial charge in [0.1, 0.15) is 5.54 Å². The predicted octanol–water partition coefficient (Wildman–Crippen LogP) is 3.08. The van der Waals surface area contributed by atoms with Gasteiger partial charge in [-0.1, -0.05) is 56.3 Å². The van der Waals surface area contributed by atoms with E-state index in [9.17, 15) is 19.6 Å². The molecule has 30 heavy (non-hydrogen) atoms. The molecular weight excluding hydrogens is 382 g/mol. The number of carbonyl (C=O) groups is 3. The van der Waals surface area contributed by atoms with Gasteiger partial charge in [0.05, 0.1) is 23.7 Å². The van der Waals surface area contributed by atoms with Gasteiger partial charge in [0, 0.05) is 0 Å². The van der Waals surface area contributed by atoms with Crippen LogP contribution in [0.2, 0.25) is 0 Å². The zero-order chi connectivity index (χ0) is 22.1. The van der Waals surface area contributed by atoms with Crippen molar-refractivity contribution in [2.75, 3.05) is 11.9 Å². The molecular formula is C23H25N3O4. The number of amides is 2. The van der Waals surface area contributed by atoms with Crippen molar-refractivity contribution in [2.45, 2.75) is 32.7 Å². The van der Waals surface area contributed by atoms with Crippen molar-refractivity contribution < 1.29 is 19.1 Å². The maximum absolute atomic E-state index is 12.5. The second kappa shape index (κ2) is 10.2. The average Bonchev–Trinajstić information content (AvgIpc) is 2.72. The molecule has 7 heteroatoms. The molecule has 0 aliphatic rings. The van der Waals surface area contributed by atoms with Crippen molar-refractivity contribution in [1.82, 2.24) is 5.32 Å². The fourth-order valence-electron chi connectivity index (χ4n) is 2.58. The Morgan fingerprint density at radius 3 is 2.30 bits per heavy atom. The highest BCUT2D eigenvalue weighted by Crippen LogP contribution is 2.18. The molecule has 2 aromatic carbocycles. The minimum atomic E-state index is -1.06. The molecule has 0 radical (unpaired) electrons. The van der Waals surface area contributed by atoms with Gasteiger partial charge in [-0.05, 0) is 30.5 Å². The highest BCUT2D eigenvalue weighted by Gasteiger charge is 2.30. The number of hydrogen-bond acceptors (Lipinski definition) is 5. The zero-order valence-corrected chi connectivity index (χ0v) is 17.3. The second-order valence-corrected chi connectivity index (χ2v) is 7.35. The van der Waals surface area contributed by atoms with E-state index in [0.29, 0.717) is 5.69 Å². The summed E-state index contributed by atoms with van der Waals surface area (Å²) in [7, 11) is 0. The van der Waals surface area contributed by atoms with Crippen LogP contribution < -0.4 is 10.6 Å². The lowest BCUT2D eigenvalue weighted by atomic mass is 9.90. The summed E-state index contributed by atoms with van der Waals surface area (Å²) in [5, 5.41) is 14.6. The first-order valence-electron chi connectivity index (χ1n) is 9.57. The molecule has 2 amide bonds. The van der Waals surface area contributed by atoms with Gasteiger partial charge in [-0.15, -0.1) is 0 Å². The molecule has 2 aromatic rings. The molecule has 0 aromatic heterocycles. The van der Waals surface area contributed by atoms with Crippen LogP contribution in [0, 0.1) is 17.2 Å². The molecule has 156 valence electrons. The van der Waals surface area contributed by atoms with E-state index < -0.39 is 24.0 Å². The Kier molecular flexibility index (Phi) is 7.70. The highest BCUT2D eigenvalue weighted by molar-refractivity contribution is 6.02. The third kappa shape index (κ3) is 6.17. The van der Waals surface area contributed by atoms with E-state index in [-0.39, 0.29) is 23.8 Å². The van der Waals surface area contributed by atoms with Gasteiger partial charge >= 0.3 is 5.97 Å². The van der Waals surface area contributed by atoms with Gasteiger partial charge in [0.2, 0.25) is 5.91 Å². The molecule has 0 saturated carbocycles. The summed E-state index contributed by atoms with van der Waals surface area (Å²) in [6.45, 7) is 4.69. The van der Waals surface area contributed by atoms with Crippen molar-refractivity contribution in [3.05, 3.63) is 65.7 Å². The standard InChI is InChI=1S/C23H25N3O4/c1-16(2)23(3,15-24)26-21(28)14-30-22(29)18-11-7-8-12-19(18)25-20(27)13-17-9-5-4-6-10-17/h4-12,16H,13-14H2,1-3H3,(H,25,27)(H,26,28)/t23-/m1/s1. The second-order valence-electron chi connectivity index (χ2n) is 7.35. The molecule has 7 nitrogen and oxygen atoms in total. The van der Waals surface area contributed by atoms with E-state index in [0.717, 1.165) is 5.56 Å². The van der Waals surface area contributed by atoms with E-state index in [1.807, 2.05) is 44.2 Å². The number of esters is 1. The van der Waals surface area contributed by atoms with Crippen LogP contribution in [-0.4, -0.2) is 29.9 Å². The Balaban J connectivity index is 1.99. The van der Waals surface area contributed by atoms with Crippen molar-refractivity contribution in [3.63, 3.8) is 0 Å². The van der Waals surface area contributed by atoms with Crippen LogP contribution in [0.4, 0.5) is 5.69 Å². The number of nitrogens with one attached hydrogen (secondary N) is 2. The Hall–Kier alpha value is -3.66. The van der Waals surface area contributed by atoms with Gasteiger partial charge in [0.15, 0.2) is 6.61 Å². The lowest BCUT2D eigenvalue weighted by Crippen LogP contribution is -2.50. The predicted molar refractivity (Wildman–Crippen MR) is 112 cm³/mol. The highest BCUT2D eigenvalue weighted by atomic mass is 16.5. The molecule has 0 aliphatic heterocycles. The lowest BCUT2D eigenvalue weighted by Gasteiger charge is -2.27. The largest absolute Gasteiger partial charge is 0.452 e. The van der Waals surface area contributed by atoms with Gasteiger partial charge < -0.3 is 15.4 Å². The first kappa shape index (κ1) is 22.6. The van der Waals surface area contributed by atoms with Crippen LogP contribution in [-0.2, 0) is 20.7 Å². The van der Waals surface area contributed by atoms with Crippen LogP contribution >= 0.6 is 0 Å². The Labute approximate surface area is 176 Å². The van der Waals surface area contributed by atoms with Crippen molar-refractivity contribution in [1.29, 1.82) is 5.26 Å². The Bertz CT molecular complexity index is 950. The maximum atomic E-state index is 12.5. The molecule has 0 fully saturated rings. The number of anilines is 1.